The van der Waals surface area contributed by atoms with Crippen molar-refractivity contribution in [1.29, 1.82) is 0 Å². The number of nitrogens with zero attached hydrogens (tertiary/aromatic N) is 9. The quantitative estimate of drug-likeness (QED) is 0.0665. The van der Waals surface area contributed by atoms with Gasteiger partial charge in [-0.15, -0.1) is 0 Å². The largest absolute Gasteiger partial charge is 0.354 e. The number of fused-ring (bicyclic) bond motifs is 12. The number of anilines is 1. The van der Waals surface area contributed by atoms with E-state index in [1.807, 2.05) is 13.8 Å². The first-order chi connectivity index (χ1) is 48.7. The van der Waals surface area contributed by atoms with Crippen LogP contribution in [-0.4, -0.2) is 153 Å². The van der Waals surface area contributed by atoms with Gasteiger partial charge in [0.2, 0.25) is 17.7 Å². The maximum atomic E-state index is 13.0. The fraction of sp³-hybridized carbons (Fsp3) is 0.427. The minimum Gasteiger partial charge on any atom is -0.354 e. The van der Waals surface area contributed by atoms with Crippen LogP contribution in [0.4, 0.5) is 10.1 Å². The van der Waals surface area contributed by atoms with E-state index in [4.69, 9.17) is 0 Å². The van der Waals surface area contributed by atoms with Gasteiger partial charge in [-0.1, -0.05) is 46.5 Å². The van der Waals surface area contributed by atoms with Crippen LogP contribution in [0.15, 0.2) is 122 Å². The van der Waals surface area contributed by atoms with Crippen molar-refractivity contribution in [2.45, 2.75) is 157 Å². The van der Waals surface area contributed by atoms with Gasteiger partial charge in [-0.25, -0.2) is 4.39 Å². The van der Waals surface area contributed by atoms with Crippen molar-refractivity contribution in [2.24, 2.45) is 0 Å². The van der Waals surface area contributed by atoms with Crippen LogP contribution < -0.4 is 26.6 Å². The molecule has 1 unspecified atom stereocenters. The predicted molar refractivity (Wildman–Crippen MR) is 405 cm³/mol. The Morgan fingerprint density at radius 1 is 0.525 bits per heavy atom. The monoisotopic (exact) mass is 1370 g/mol. The van der Waals surface area contributed by atoms with E-state index in [-0.39, 0.29) is 42.0 Å². The standard InChI is InChI=1S/C21H22FN3O.C21H24N4O.C21H30N4O.C19H27N3O/c1-14-3-8-19-17(11-14)18-12-24(2)10-9-20(18)25(19)13-21(26)23-16-6-4-15(22)5-7-16;1-15-3-4-19-17(13-15)18-14-24(2)11-7-20(18)25(19)12-10-23-21(26)16-5-8-22-9-6-16;1-15-5-6-19-17(12-15)18-14-24(2)10-7-20(18)25(19)11-8-21(26)23-16-4-3-9-22-13-16;1-13(2)20-19(23)8-10-22-17-6-5-14(3)11-15(17)16-12-21(4)9-7-18(16)22/h3-8,11H,9-10,12-13H2,1-2H3,(H,23,26);3-6,8-9,13H,7,10-12,14H2,1-2H3,(H,23,26);5-6,12,16,22H,3-4,7-11,13-14H2,1-2H3,(H,23,26);5-6,11,13H,7-10,12H2,1-4H3,(H,20,23). The normalized spacial score (nSPS) is 16.3. The molecule has 18 nitrogen and oxygen atoms in total. The molecular formula is C82H103FN14O4. The zero-order valence-electron chi connectivity index (χ0n) is 61.0. The molecule has 5 N–H and O–H groups in total. The van der Waals surface area contributed by atoms with Gasteiger partial charge >= 0.3 is 0 Å². The molecule has 532 valence electrons. The number of benzene rings is 5. The summed E-state index contributed by atoms with van der Waals surface area (Å²) < 4.78 is 22.3. The highest BCUT2D eigenvalue weighted by atomic mass is 19.1. The number of rotatable bonds is 15. The molecule has 4 amide bonds. The van der Waals surface area contributed by atoms with Crippen molar-refractivity contribution in [3.63, 3.8) is 0 Å². The topological polar surface area (TPSA) is 174 Å². The Morgan fingerprint density at radius 3 is 1.37 bits per heavy atom. The van der Waals surface area contributed by atoms with Crippen molar-refractivity contribution in [3.8, 4) is 0 Å². The van der Waals surface area contributed by atoms with E-state index < -0.39 is 0 Å². The number of carbonyl (C=O) groups excluding carboxylic acids is 4. The van der Waals surface area contributed by atoms with Crippen LogP contribution in [0.2, 0.25) is 0 Å². The van der Waals surface area contributed by atoms with Gasteiger partial charge in [0, 0.05) is 226 Å². The van der Waals surface area contributed by atoms with Gasteiger partial charge in [0.25, 0.3) is 5.91 Å². The van der Waals surface area contributed by atoms with Gasteiger partial charge in [0.1, 0.15) is 12.4 Å². The molecule has 0 spiro atoms. The number of hydrogen-bond acceptors (Lipinski definition) is 10. The Balaban J connectivity index is 0.000000128. The lowest BCUT2D eigenvalue weighted by atomic mass is 10.0. The number of aryl methyl sites for hydroxylation is 6. The summed E-state index contributed by atoms with van der Waals surface area (Å²) >= 11 is 0. The highest BCUT2D eigenvalue weighted by molar-refractivity contribution is 5.95. The molecular weight excluding hydrogens is 1260 g/mol. The van der Waals surface area contributed by atoms with Crippen LogP contribution in [0, 0.1) is 33.5 Å². The summed E-state index contributed by atoms with van der Waals surface area (Å²) in [6.45, 7) is 25.8. The second kappa shape index (κ2) is 32.3. The first-order valence-corrected chi connectivity index (χ1v) is 36.4. The first-order valence-electron chi connectivity index (χ1n) is 36.4. The maximum absolute atomic E-state index is 13.0. The third-order valence-electron chi connectivity index (χ3n) is 20.6. The number of hydrogen-bond donors (Lipinski definition) is 5. The van der Waals surface area contributed by atoms with Gasteiger partial charge in [-0.3, -0.25) is 24.2 Å². The fourth-order valence-electron chi connectivity index (χ4n) is 15.6. The zero-order valence-corrected chi connectivity index (χ0v) is 61.0. The SMILES string of the molecule is Cc1ccc2c(c1)c1c(n2CC(=O)Nc2ccc(F)cc2)CCN(C)C1.Cc1ccc2c(c1)c1c(n2CCC(=O)NC(C)C)CCN(C)C1.Cc1ccc2c(c1)c1c(n2CCC(=O)NC2CCCNC2)CCN(C)C1.Cc1ccc2c(c1)c1c(n2CCNC(=O)c2ccncc2)CCN(C)C1. The summed E-state index contributed by atoms with van der Waals surface area (Å²) in [4.78, 5) is 62.7. The molecule has 0 bridgehead atoms. The van der Waals surface area contributed by atoms with Crippen molar-refractivity contribution in [3.05, 3.63) is 200 Å². The third kappa shape index (κ3) is 17.2. The summed E-state index contributed by atoms with van der Waals surface area (Å²) in [5, 5.41) is 20.8. The molecule has 5 aliphatic rings. The average molecular weight is 1370 g/mol. The van der Waals surface area contributed by atoms with E-state index in [1.54, 1.807) is 36.7 Å². The van der Waals surface area contributed by atoms with Gasteiger partial charge in [-0.05, 0) is 196 Å². The lowest BCUT2D eigenvalue weighted by molar-refractivity contribution is -0.122. The Labute approximate surface area is 594 Å². The lowest BCUT2D eigenvalue weighted by Gasteiger charge is -2.25. The third-order valence-corrected chi connectivity index (χ3v) is 20.6. The number of aromatic nitrogens is 5. The number of amides is 4. The number of nitrogens with one attached hydrogen (secondary N) is 5. The predicted octanol–water partition coefficient (Wildman–Crippen LogP) is 11.5. The summed E-state index contributed by atoms with van der Waals surface area (Å²) in [6.07, 6.45) is 10.7. The van der Waals surface area contributed by atoms with Crippen LogP contribution in [0.3, 0.4) is 0 Å². The van der Waals surface area contributed by atoms with Crippen LogP contribution in [0.5, 0.6) is 0 Å². The van der Waals surface area contributed by atoms with E-state index in [1.165, 1.54) is 118 Å². The molecule has 19 heteroatoms. The van der Waals surface area contributed by atoms with E-state index in [0.29, 0.717) is 36.7 Å². The van der Waals surface area contributed by atoms with E-state index in [9.17, 15) is 23.6 Å². The Bertz CT molecular complexity index is 4610. The summed E-state index contributed by atoms with van der Waals surface area (Å²) in [5.74, 6) is -0.151. The second-order valence-corrected chi connectivity index (χ2v) is 29.2. The van der Waals surface area contributed by atoms with Crippen LogP contribution in [0.25, 0.3) is 43.6 Å². The summed E-state index contributed by atoms with van der Waals surface area (Å²) in [6, 6.07) is 36.3. The number of carbonyl (C=O) groups is 4. The van der Waals surface area contributed by atoms with Gasteiger partial charge in [-0.2, -0.15) is 0 Å². The van der Waals surface area contributed by atoms with Crippen LogP contribution in [0.1, 0.15) is 117 Å². The number of likely N-dealkylation sites (N-methyl/N-ethyl adjacent to an activating group) is 4. The summed E-state index contributed by atoms with van der Waals surface area (Å²) in [7, 11) is 8.67. The average Bonchev–Trinajstić information content (AvgIpc) is 1.64. The Morgan fingerprint density at radius 2 is 0.941 bits per heavy atom. The number of piperidine rings is 1. The van der Waals surface area contributed by atoms with Gasteiger partial charge in [0.15, 0.2) is 0 Å². The molecule has 10 aromatic rings. The molecule has 5 aromatic carbocycles. The Kier molecular flexibility index (Phi) is 23.0. The molecule has 5 aliphatic heterocycles. The smallest absolute Gasteiger partial charge is 0.251 e. The minimum absolute atomic E-state index is 0.0479. The molecule has 10 heterocycles. The molecule has 5 aromatic heterocycles. The van der Waals surface area contributed by atoms with Crippen LogP contribution in [-0.2, 0) is 92.4 Å². The van der Waals surface area contributed by atoms with E-state index in [2.05, 4.69) is 198 Å². The lowest BCUT2D eigenvalue weighted by Crippen LogP contribution is -2.45. The zero-order chi connectivity index (χ0) is 71.0. The van der Waals surface area contributed by atoms with Crippen molar-refractivity contribution >= 4 is 72.9 Å². The second-order valence-electron chi connectivity index (χ2n) is 29.2. The fourth-order valence-corrected chi connectivity index (χ4v) is 15.6. The highest BCUT2D eigenvalue weighted by Gasteiger charge is 2.28. The van der Waals surface area contributed by atoms with Crippen molar-refractivity contribution in [1.82, 2.24) is 64.1 Å². The van der Waals surface area contributed by atoms with Crippen LogP contribution >= 0.6 is 0 Å². The molecule has 0 saturated carbocycles. The molecule has 1 fully saturated rings. The molecule has 0 aliphatic carbocycles. The Hall–Kier alpha value is -8.98. The van der Waals surface area contributed by atoms with Gasteiger partial charge in [0.05, 0.1) is 0 Å². The summed E-state index contributed by atoms with van der Waals surface area (Å²) in [5.41, 5.74) is 22.5. The minimum atomic E-state index is -0.312. The molecule has 0 radical (unpaired) electrons. The van der Waals surface area contributed by atoms with E-state index >= 15 is 0 Å². The molecule has 1 atom stereocenters. The molecule has 15 rings (SSSR count). The molecule has 1 saturated heterocycles. The van der Waals surface area contributed by atoms with Crippen molar-refractivity contribution in [2.75, 3.05) is 79.3 Å². The van der Waals surface area contributed by atoms with Crippen molar-refractivity contribution < 1.29 is 23.6 Å². The maximum Gasteiger partial charge on any atom is 0.251 e. The van der Waals surface area contributed by atoms with E-state index in [0.717, 1.165) is 129 Å². The molecule has 101 heavy (non-hydrogen) atoms. The van der Waals surface area contributed by atoms with Gasteiger partial charge < -0.3 is 64.5 Å². The number of halogens is 1. The number of pyridine rings is 1. The highest BCUT2D eigenvalue weighted by Crippen LogP contribution is 2.36. The first kappa shape index (κ1) is 71.8.